The lowest BCUT2D eigenvalue weighted by molar-refractivity contribution is -0.137. The summed E-state index contributed by atoms with van der Waals surface area (Å²) in [6.45, 7) is 3.96. The van der Waals surface area contributed by atoms with Gasteiger partial charge < -0.3 is 10.5 Å². The van der Waals surface area contributed by atoms with E-state index in [1.807, 2.05) is 38.1 Å². The van der Waals surface area contributed by atoms with Crippen LogP contribution in [-0.4, -0.2) is 11.0 Å². The maximum atomic E-state index is 13.0. The molecule has 1 amide bonds. The summed E-state index contributed by atoms with van der Waals surface area (Å²) in [6, 6.07) is 14.8. The molecular formula is C22H26N2O2. The Balaban J connectivity index is 1.91. The fourth-order valence-electron chi connectivity index (χ4n) is 3.20. The van der Waals surface area contributed by atoms with Crippen molar-refractivity contribution in [1.29, 1.82) is 0 Å². The maximum Gasteiger partial charge on any atom is 0.279 e. The summed E-state index contributed by atoms with van der Waals surface area (Å²) in [7, 11) is 0. The molecule has 0 radical (unpaired) electrons. The first-order valence-corrected chi connectivity index (χ1v) is 9.12. The normalized spacial score (nSPS) is 14.5. The van der Waals surface area contributed by atoms with Gasteiger partial charge >= 0.3 is 0 Å². The van der Waals surface area contributed by atoms with Crippen molar-refractivity contribution in [2.24, 2.45) is 0 Å². The van der Waals surface area contributed by atoms with Crippen molar-refractivity contribution in [3.05, 3.63) is 82.6 Å². The monoisotopic (exact) mass is 350 g/mol. The van der Waals surface area contributed by atoms with E-state index in [9.17, 15) is 9.90 Å². The minimum absolute atomic E-state index is 0.489. The van der Waals surface area contributed by atoms with Crippen LogP contribution in [0.2, 0.25) is 0 Å². The van der Waals surface area contributed by atoms with E-state index in [4.69, 9.17) is 0 Å². The number of rotatable bonds is 5. The number of nitrogens with one attached hydrogen (secondary N) is 2. The topological polar surface area (TPSA) is 61.4 Å². The van der Waals surface area contributed by atoms with Crippen LogP contribution in [0.3, 0.4) is 0 Å². The molecule has 0 spiro atoms. The molecule has 26 heavy (non-hydrogen) atoms. The first-order chi connectivity index (χ1) is 12.5. The Kier molecular flexibility index (Phi) is 5.43. The highest BCUT2D eigenvalue weighted by molar-refractivity contribution is 5.89. The summed E-state index contributed by atoms with van der Waals surface area (Å²) in [6.07, 6.45) is 6.30. The molecule has 0 heterocycles. The van der Waals surface area contributed by atoms with Crippen LogP contribution in [0.5, 0.6) is 0 Å². The van der Waals surface area contributed by atoms with Crippen LogP contribution >= 0.6 is 0 Å². The SMILES string of the molecule is Cc1ccc(C(O)(C(=O)NNC2=CCCCC2)c2ccc(C)cc2)cc1. The van der Waals surface area contributed by atoms with Gasteiger partial charge in [-0.15, -0.1) is 0 Å². The number of amides is 1. The fraction of sp³-hybridized carbons (Fsp3) is 0.318. The zero-order valence-corrected chi connectivity index (χ0v) is 15.4. The van der Waals surface area contributed by atoms with Gasteiger partial charge in [-0.2, -0.15) is 0 Å². The molecule has 4 nitrogen and oxygen atoms in total. The van der Waals surface area contributed by atoms with Crippen molar-refractivity contribution < 1.29 is 9.90 Å². The van der Waals surface area contributed by atoms with Crippen LogP contribution in [0.25, 0.3) is 0 Å². The standard InChI is InChI=1S/C22H26N2O2/c1-16-8-12-18(13-9-16)22(26,19-14-10-17(2)11-15-19)21(25)24-23-20-6-4-3-5-7-20/h6,8-15,23,26H,3-5,7H2,1-2H3,(H,24,25). The number of aryl methyl sites for hydroxylation is 2. The molecule has 136 valence electrons. The largest absolute Gasteiger partial charge is 0.372 e. The van der Waals surface area contributed by atoms with Crippen molar-refractivity contribution in [1.82, 2.24) is 10.9 Å². The highest BCUT2D eigenvalue weighted by Gasteiger charge is 2.40. The quantitative estimate of drug-likeness (QED) is 0.722. The molecule has 0 saturated carbocycles. The lowest BCUT2D eigenvalue weighted by atomic mass is 9.85. The van der Waals surface area contributed by atoms with Gasteiger partial charge in [0.15, 0.2) is 5.60 Å². The Labute approximate surface area is 154 Å². The number of carbonyl (C=O) groups excluding carboxylic acids is 1. The van der Waals surface area contributed by atoms with Crippen molar-refractivity contribution >= 4 is 5.91 Å². The Hall–Kier alpha value is -2.59. The molecule has 1 aliphatic carbocycles. The first kappa shape index (κ1) is 18.2. The van der Waals surface area contributed by atoms with Gasteiger partial charge in [-0.05, 0) is 50.7 Å². The van der Waals surface area contributed by atoms with Crippen LogP contribution in [-0.2, 0) is 10.4 Å². The number of aliphatic hydroxyl groups is 1. The van der Waals surface area contributed by atoms with E-state index in [0.717, 1.165) is 36.1 Å². The van der Waals surface area contributed by atoms with Crippen molar-refractivity contribution in [3.8, 4) is 0 Å². The van der Waals surface area contributed by atoms with Crippen LogP contribution < -0.4 is 10.9 Å². The predicted molar refractivity (Wildman–Crippen MR) is 103 cm³/mol. The summed E-state index contributed by atoms with van der Waals surface area (Å²) in [4.78, 5) is 13.0. The second-order valence-corrected chi connectivity index (χ2v) is 7.00. The molecule has 3 N–H and O–H groups in total. The Morgan fingerprint density at radius 2 is 1.46 bits per heavy atom. The van der Waals surface area contributed by atoms with Crippen LogP contribution in [0.4, 0.5) is 0 Å². The molecule has 3 rings (SSSR count). The van der Waals surface area contributed by atoms with Gasteiger partial charge in [0.2, 0.25) is 0 Å². The number of benzene rings is 2. The van der Waals surface area contributed by atoms with E-state index in [-0.39, 0.29) is 0 Å². The summed E-state index contributed by atoms with van der Waals surface area (Å²) in [5.74, 6) is -0.489. The summed E-state index contributed by atoms with van der Waals surface area (Å²) >= 11 is 0. The van der Waals surface area contributed by atoms with Gasteiger partial charge in [-0.3, -0.25) is 10.2 Å². The number of hydrazine groups is 1. The van der Waals surface area contributed by atoms with Crippen LogP contribution in [0.15, 0.2) is 60.3 Å². The smallest absolute Gasteiger partial charge is 0.279 e. The molecule has 0 fully saturated rings. The number of allylic oxidation sites excluding steroid dienone is 2. The van der Waals surface area contributed by atoms with Gasteiger partial charge in [-0.1, -0.05) is 65.7 Å². The average molecular weight is 350 g/mol. The molecule has 1 aliphatic rings. The molecule has 0 aliphatic heterocycles. The third-order valence-electron chi connectivity index (χ3n) is 4.89. The number of hydrogen-bond acceptors (Lipinski definition) is 3. The van der Waals surface area contributed by atoms with Crippen molar-refractivity contribution in [2.45, 2.75) is 45.1 Å². The van der Waals surface area contributed by atoms with Crippen molar-refractivity contribution in [2.75, 3.05) is 0 Å². The zero-order valence-electron chi connectivity index (χ0n) is 15.4. The summed E-state index contributed by atoms with van der Waals surface area (Å²) in [5, 5.41) is 11.5. The van der Waals surface area contributed by atoms with Gasteiger partial charge in [0.1, 0.15) is 0 Å². The number of carbonyl (C=O) groups is 1. The van der Waals surface area contributed by atoms with Crippen LogP contribution in [0.1, 0.15) is 47.9 Å². The molecule has 2 aromatic carbocycles. The lowest BCUT2D eigenvalue weighted by Crippen LogP contribution is -2.50. The molecule has 0 saturated heterocycles. The highest BCUT2D eigenvalue weighted by atomic mass is 16.3. The third-order valence-corrected chi connectivity index (χ3v) is 4.89. The Morgan fingerprint density at radius 1 is 0.923 bits per heavy atom. The Bertz CT molecular complexity index is 746. The lowest BCUT2D eigenvalue weighted by Gasteiger charge is -2.29. The van der Waals surface area contributed by atoms with E-state index < -0.39 is 11.5 Å². The van der Waals surface area contributed by atoms with E-state index >= 15 is 0 Å². The predicted octanol–water partition coefficient (Wildman–Crippen LogP) is 3.62. The maximum absolute atomic E-state index is 13.0. The minimum Gasteiger partial charge on any atom is -0.372 e. The van der Waals surface area contributed by atoms with Gasteiger partial charge in [0.25, 0.3) is 5.91 Å². The second kappa shape index (κ2) is 7.75. The second-order valence-electron chi connectivity index (χ2n) is 7.00. The first-order valence-electron chi connectivity index (χ1n) is 9.12. The minimum atomic E-state index is -1.76. The molecule has 2 aromatic rings. The highest BCUT2D eigenvalue weighted by Crippen LogP contribution is 2.30. The summed E-state index contributed by atoms with van der Waals surface area (Å²) in [5.41, 5.74) is 8.18. The zero-order chi connectivity index (χ0) is 18.6. The van der Waals surface area contributed by atoms with E-state index in [1.54, 1.807) is 24.3 Å². The Morgan fingerprint density at radius 3 is 1.92 bits per heavy atom. The van der Waals surface area contributed by atoms with E-state index in [2.05, 4.69) is 16.9 Å². The molecule has 0 aromatic heterocycles. The van der Waals surface area contributed by atoms with Crippen molar-refractivity contribution in [3.63, 3.8) is 0 Å². The molecular weight excluding hydrogens is 324 g/mol. The average Bonchev–Trinajstić information content (AvgIpc) is 2.67. The van der Waals surface area contributed by atoms with Gasteiger partial charge in [-0.25, -0.2) is 0 Å². The molecule has 0 atom stereocenters. The van der Waals surface area contributed by atoms with E-state index in [1.165, 1.54) is 6.42 Å². The van der Waals surface area contributed by atoms with E-state index in [0.29, 0.717) is 11.1 Å². The molecule has 0 bridgehead atoms. The van der Waals surface area contributed by atoms with Gasteiger partial charge in [0, 0.05) is 5.70 Å². The van der Waals surface area contributed by atoms with Gasteiger partial charge in [0.05, 0.1) is 0 Å². The third kappa shape index (κ3) is 3.81. The molecule has 0 unspecified atom stereocenters. The summed E-state index contributed by atoms with van der Waals surface area (Å²) < 4.78 is 0. The van der Waals surface area contributed by atoms with Crippen LogP contribution in [0, 0.1) is 13.8 Å². The number of hydrogen-bond donors (Lipinski definition) is 3. The fourth-order valence-corrected chi connectivity index (χ4v) is 3.20. The molecule has 4 heteroatoms.